The van der Waals surface area contributed by atoms with Gasteiger partial charge < -0.3 is 19.9 Å². The maximum Gasteiger partial charge on any atom is 0.573 e. The van der Waals surface area contributed by atoms with Crippen molar-refractivity contribution < 1.29 is 27.5 Å². The number of allylic oxidation sites excluding steroid dienone is 1. The summed E-state index contributed by atoms with van der Waals surface area (Å²) in [7, 11) is 0. The normalized spacial score (nSPS) is 11.0. The summed E-state index contributed by atoms with van der Waals surface area (Å²) < 4.78 is 43.7. The Morgan fingerprint density at radius 1 is 1.14 bits per heavy atom. The number of carbonyl (C=O) groups excluding carboxylic acids is 2. The van der Waals surface area contributed by atoms with Crippen LogP contribution in [-0.2, 0) is 13.1 Å². The monoisotopic (exact) mass is 545 g/mol. The Balaban J connectivity index is 1.60. The number of nitrogens with zero attached hydrogens (tertiary/aromatic N) is 4. The predicted molar refractivity (Wildman–Crippen MR) is 127 cm³/mol. The zero-order valence-electron chi connectivity index (χ0n) is 18.4. The predicted octanol–water partition coefficient (Wildman–Crippen LogP) is 4.76. The second kappa shape index (κ2) is 12.3. The van der Waals surface area contributed by atoms with E-state index in [9.17, 15) is 22.8 Å². The molecule has 0 unspecified atom stereocenters. The fourth-order valence-electron chi connectivity index (χ4n) is 2.94. The highest BCUT2D eigenvalue weighted by atomic mass is 35.5. The molecule has 192 valence electrons. The first kappa shape index (κ1) is 26.9. The number of halogens is 5. The van der Waals surface area contributed by atoms with Crippen molar-refractivity contribution in [1.82, 2.24) is 24.6 Å². The van der Waals surface area contributed by atoms with Gasteiger partial charge in [0.05, 0.1) is 0 Å². The van der Waals surface area contributed by atoms with Gasteiger partial charge in [-0.2, -0.15) is 5.10 Å². The van der Waals surface area contributed by atoms with Crippen LogP contribution in [0.1, 0.15) is 17.0 Å². The third kappa shape index (κ3) is 8.82. The van der Waals surface area contributed by atoms with Crippen LogP contribution in [0.2, 0.25) is 0 Å². The lowest BCUT2D eigenvalue weighted by atomic mass is 10.3. The molecule has 10 nitrogen and oxygen atoms in total. The zero-order chi connectivity index (χ0) is 26.1. The lowest BCUT2D eigenvalue weighted by Crippen LogP contribution is -2.28. The number of imidazole rings is 1. The van der Waals surface area contributed by atoms with E-state index in [4.69, 9.17) is 23.2 Å². The van der Waals surface area contributed by atoms with Gasteiger partial charge in [-0.1, -0.05) is 23.2 Å². The molecule has 0 radical (unpaired) electrons. The van der Waals surface area contributed by atoms with Crippen molar-refractivity contribution in [2.45, 2.75) is 25.9 Å². The third-order valence-electron chi connectivity index (χ3n) is 4.42. The molecule has 0 bridgehead atoms. The van der Waals surface area contributed by atoms with Crippen molar-refractivity contribution in [2.75, 3.05) is 17.2 Å². The van der Waals surface area contributed by atoms with Crippen LogP contribution in [0.5, 0.6) is 5.75 Å². The molecule has 0 spiro atoms. The Kier molecular flexibility index (Phi) is 9.19. The summed E-state index contributed by atoms with van der Waals surface area (Å²) in [6.45, 7) is 1.08. The number of carbonyl (C=O) groups is 2. The standard InChI is InChI=1S/C21H20Cl2F3N7O3/c22-16(23)7-12-32-13-17(30-18(32)19(34)27-8-1-10-33-11-2-9-28-33)31-20(35)29-14-3-5-15(6-4-14)36-21(24,25)26/h2-7,9,11,13H,1,8,10,12H2,(H,27,34)(H2,29,31,35). The smallest absolute Gasteiger partial charge is 0.406 e. The third-order valence-corrected chi connectivity index (χ3v) is 4.73. The minimum absolute atomic E-state index is 0.00359. The quantitative estimate of drug-likeness (QED) is 0.317. The van der Waals surface area contributed by atoms with Crippen LogP contribution < -0.4 is 20.7 Å². The molecule has 0 atom stereocenters. The number of aromatic nitrogens is 4. The van der Waals surface area contributed by atoms with Gasteiger partial charge >= 0.3 is 12.4 Å². The largest absolute Gasteiger partial charge is 0.573 e. The van der Waals surface area contributed by atoms with Gasteiger partial charge in [0.1, 0.15) is 10.2 Å². The molecule has 0 saturated carbocycles. The van der Waals surface area contributed by atoms with E-state index in [1.807, 2.05) is 6.20 Å². The Morgan fingerprint density at radius 3 is 2.53 bits per heavy atom. The highest BCUT2D eigenvalue weighted by molar-refractivity contribution is 6.55. The molecule has 3 amide bonds. The molecule has 0 aliphatic heterocycles. The first-order chi connectivity index (χ1) is 17.1. The SMILES string of the molecule is O=C(Nc1ccc(OC(F)(F)F)cc1)Nc1cn(CC=C(Cl)Cl)c(C(=O)NCCCn2cccn2)n1. The van der Waals surface area contributed by atoms with Crippen LogP contribution in [0.15, 0.2) is 59.5 Å². The lowest BCUT2D eigenvalue weighted by molar-refractivity contribution is -0.274. The summed E-state index contributed by atoms with van der Waals surface area (Å²) in [6, 6.07) is 5.63. The molecule has 3 rings (SSSR count). The summed E-state index contributed by atoms with van der Waals surface area (Å²) in [6.07, 6.45) is 2.12. The van der Waals surface area contributed by atoms with E-state index in [2.05, 4.69) is 30.8 Å². The van der Waals surface area contributed by atoms with Crippen LogP contribution in [0, 0.1) is 0 Å². The molecule has 2 aromatic heterocycles. The molecule has 0 aliphatic carbocycles. The lowest BCUT2D eigenvalue weighted by Gasteiger charge is -2.10. The summed E-state index contributed by atoms with van der Waals surface area (Å²) in [5.41, 5.74) is 0.202. The maximum atomic E-state index is 12.7. The summed E-state index contributed by atoms with van der Waals surface area (Å²) in [4.78, 5) is 29.2. The molecule has 15 heteroatoms. The number of hydrogen-bond acceptors (Lipinski definition) is 5. The first-order valence-corrected chi connectivity index (χ1v) is 11.1. The van der Waals surface area contributed by atoms with Gasteiger partial charge in [-0.05, 0) is 42.8 Å². The topological polar surface area (TPSA) is 115 Å². The number of anilines is 2. The van der Waals surface area contributed by atoms with Crippen molar-refractivity contribution in [3.8, 4) is 5.75 Å². The highest BCUT2D eigenvalue weighted by Crippen LogP contribution is 2.24. The molecular formula is C21H20Cl2F3N7O3. The second-order valence-corrected chi connectivity index (χ2v) is 8.13. The molecule has 3 aromatic rings. The van der Waals surface area contributed by atoms with Crippen molar-refractivity contribution in [3.63, 3.8) is 0 Å². The fraction of sp³-hybridized carbons (Fsp3) is 0.238. The number of aryl methyl sites for hydroxylation is 1. The van der Waals surface area contributed by atoms with Crippen LogP contribution >= 0.6 is 23.2 Å². The minimum Gasteiger partial charge on any atom is -0.406 e. The molecule has 0 saturated heterocycles. The van der Waals surface area contributed by atoms with Gasteiger partial charge in [0.25, 0.3) is 5.91 Å². The summed E-state index contributed by atoms with van der Waals surface area (Å²) in [5.74, 6) is -0.865. The number of nitrogens with one attached hydrogen (secondary N) is 3. The van der Waals surface area contributed by atoms with Crippen molar-refractivity contribution in [3.05, 3.63) is 65.3 Å². The van der Waals surface area contributed by atoms with Crippen molar-refractivity contribution in [2.24, 2.45) is 0 Å². The Hall–Kier alpha value is -3.71. The average Bonchev–Trinajstić information content (AvgIpc) is 3.45. The number of amides is 3. The van der Waals surface area contributed by atoms with Crippen molar-refractivity contribution >= 4 is 46.6 Å². The first-order valence-electron chi connectivity index (χ1n) is 10.4. The zero-order valence-corrected chi connectivity index (χ0v) is 19.9. The minimum atomic E-state index is -4.82. The van der Waals surface area contributed by atoms with Gasteiger partial charge in [-0.15, -0.1) is 13.2 Å². The number of urea groups is 1. The molecule has 36 heavy (non-hydrogen) atoms. The molecule has 0 aliphatic rings. The van der Waals surface area contributed by atoms with E-state index in [-0.39, 0.29) is 28.4 Å². The van der Waals surface area contributed by atoms with Crippen LogP contribution in [-0.4, -0.2) is 44.2 Å². The summed E-state index contributed by atoms with van der Waals surface area (Å²) >= 11 is 11.3. The van der Waals surface area contributed by atoms with Crippen molar-refractivity contribution in [1.29, 1.82) is 0 Å². The second-order valence-electron chi connectivity index (χ2n) is 7.13. The molecule has 2 heterocycles. The van der Waals surface area contributed by atoms with E-state index >= 15 is 0 Å². The number of hydrogen-bond donors (Lipinski definition) is 3. The van der Waals surface area contributed by atoms with Gasteiger partial charge in [0.15, 0.2) is 5.82 Å². The molecular weight excluding hydrogens is 526 g/mol. The molecule has 0 fully saturated rings. The Bertz CT molecular complexity index is 1190. The average molecular weight is 546 g/mol. The van der Waals surface area contributed by atoms with Gasteiger partial charge in [-0.25, -0.2) is 9.78 Å². The van der Waals surface area contributed by atoms with Gasteiger partial charge in [0, 0.05) is 43.9 Å². The number of alkyl halides is 3. The Labute approximate surface area is 213 Å². The maximum absolute atomic E-state index is 12.7. The molecule has 3 N–H and O–H groups in total. The van der Waals surface area contributed by atoms with E-state index < -0.39 is 24.1 Å². The van der Waals surface area contributed by atoms with Crippen LogP contribution in [0.3, 0.4) is 0 Å². The highest BCUT2D eigenvalue weighted by Gasteiger charge is 2.31. The number of ether oxygens (including phenoxy) is 1. The summed E-state index contributed by atoms with van der Waals surface area (Å²) in [5, 5.41) is 11.7. The van der Waals surface area contributed by atoms with E-state index in [1.165, 1.54) is 29.0 Å². The van der Waals surface area contributed by atoms with E-state index in [0.717, 1.165) is 12.1 Å². The van der Waals surface area contributed by atoms with Gasteiger partial charge in [-0.3, -0.25) is 14.8 Å². The number of benzene rings is 1. The van der Waals surface area contributed by atoms with E-state index in [0.29, 0.717) is 19.5 Å². The Morgan fingerprint density at radius 2 is 1.89 bits per heavy atom. The fourth-order valence-corrected chi connectivity index (χ4v) is 3.08. The van der Waals surface area contributed by atoms with Crippen LogP contribution in [0.25, 0.3) is 0 Å². The van der Waals surface area contributed by atoms with Crippen LogP contribution in [0.4, 0.5) is 29.5 Å². The molecule has 1 aromatic carbocycles. The number of rotatable bonds is 10. The van der Waals surface area contributed by atoms with Gasteiger partial charge in [0.2, 0.25) is 5.82 Å². The van der Waals surface area contributed by atoms with E-state index in [1.54, 1.807) is 16.9 Å².